The molecule has 1 aromatic carbocycles. The second kappa shape index (κ2) is 4.15. The highest BCUT2D eigenvalue weighted by Gasteiger charge is 2.31. The van der Waals surface area contributed by atoms with Crippen molar-refractivity contribution in [3.63, 3.8) is 0 Å². The lowest BCUT2D eigenvalue weighted by Crippen LogP contribution is -2.10. The molecule has 2 rings (SSSR count). The molecule has 2 heteroatoms. The van der Waals surface area contributed by atoms with E-state index >= 15 is 0 Å². The predicted molar refractivity (Wildman–Crippen MR) is 65.4 cm³/mol. The van der Waals surface area contributed by atoms with E-state index in [1.165, 1.54) is 17.5 Å². The van der Waals surface area contributed by atoms with Crippen LogP contribution in [0.2, 0.25) is 5.02 Å². The third kappa shape index (κ3) is 1.91. The summed E-state index contributed by atoms with van der Waals surface area (Å²) >= 11 is 6.03. The molecule has 0 saturated heterocycles. The SMILES string of the molecule is CC(C)C1CC(CN)c2cc(Cl)ccc21. The van der Waals surface area contributed by atoms with Crippen LogP contribution in [0.1, 0.15) is 43.2 Å². The molecule has 82 valence electrons. The van der Waals surface area contributed by atoms with Crippen LogP contribution in [0.4, 0.5) is 0 Å². The Balaban J connectivity index is 2.43. The Morgan fingerprint density at radius 1 is 1.40 bits per heavy atom. The lowest BCUT2D eigenvalue weighted by Gasteiger charge is -2.15. The van der Waals surface area contributed by atoms with Gasteiger partial charge in [-0.15, -0.1) is 0 Å². The Labute approximate surface area is 96.6 Å². The molecule has 1 aliphatic rings. The number of rotatable bonds is 2. The maximum absolute atomic E-state index is 6.03. The first-order chi connectivity index (χ1) is 7.13. The molecule has 0 heterocycles. The summed E-state index contributed by atoms with van der Waals surface area (Å²) in [5.74, 6) is 1.85. The van der Waals surface area contributed by atoms with E-state index in [4.69, 9.17) is 17.3 Å². The molecule has 2 unspecified atom stereocenters. The maximum Gasteiger partial charge on any atom is 0.0409 e. The normalized spacial score (nSPS) is 24.6. The van der Waals surface area contributed by atoms with Gasteiger partial charge in [0.2, 0.25) is 0 Å². The van der Waals surface area contributed by atoms with Crippen LogP contribution in [0.5, 0.6) is 0 Å². The predicted octanol–water partition coefficient (Wildman–Crippen LogP) is 3.53. The number of benzene rings is 1. The second-order valence-corrected chi connectivity index (χ2v) is 5.23. The standard InChI is InChI=1S/C13H18ClN/c1-8(2)12-5-9(7-15)13-6-10(14)3-4-11(12)13/h3-4,6,8-9,12H,5,7,15H2,1-2H3. The highest BCUT2D eigenvalue weighted by atomic mass is 35.5. The lowest BCUT2D eigenvalue weighted by molar-refractivity contribution is 0.468. The quantitative estimate of drug-likeness (QED) is 0.816. The Hall–Kier alpha value is -0.530. The van der Waals surface area contributed by atoms with E-state index in [9.17, 15) is 0 Å². The van der Waals surface area contributed by atoms with Gasteiger partial charge in [0.05, 0.1) is 0 Å². The Morgan fingerprint density at radius 3 is 2.73 bits per heavy atom. The number of hydrogen-bond acceptors (Lipinski definition) is 1. The summed E-state index contributed by atoms with van der Waals surface area (Å²) in [5, 5.41) is 0.830. The number of fused-ring (bicyclic) bond motifs is 1. The molecular formula is C13H18ClN. The van der Waals surface area contributed by atoms with Gasteiger partial charge in [0, 0.05) is 5.02 Å². The van der Waals surface area contributed by atoms with Crippen LogP contribution >= 0.6 is 11.6 Å². The smallest absolute Gasteiger partial charge is 0.0409 e. The summed E-state index contributed by atoms with van der Waals surface area (Å²) in [6.45, 7) is 5.29. The molecule has 1 aliphatic carbocycles. The van der Waals surface area contributed by atoms with Crippen molar-refractivity contribution in [3.05, 3.63) is 34.3 Å². The zero-order valence-corrected chi connectivity index (χ0v) is 10.1. The number of nitrogens with two attached hydrogens (primary N) is 1. The molecule has 2 atom stereocenters. The van der Waals surface area contributed by atoms with Crippen molar-refractivity contribution >= 4 is 11.6 Å². The molecule has 0 spiro atoms. The highest BCUT2D eigenvalue weighted by molar-refractivity contribution is 6.30. The molecule has 1 aromatic rings. The molecule has 1 nitrogen and oxygen atoms in total. The molecule has 0 saturated carbocycles. The second-order valence-electron chi connectivity index (χ2n) is 4.79. The first-order valence-corrected chi connectivity index (χ1v) is 6.00. The van der Waals surface area contributed by atoms with E-state index in [1.54, 1.807) is 0 Å². The van der Waals surface area contributed by atoms with Crippen LogP contribution in [0, 0.1) is 5.92 Å². The molecule has 0 radical (unpaired) electrons. The van der Waals surface area contributed by atoms with Gasteiger partial charge in [0.25, 0.3) is 0 Å². The summed E-state index contributed by atoms with van der Waals surface area (Å²) in [6.07, 6.45) is 1.18. The zero-order valence-electron chi connectivity index (χ0n) is 9.33. The fourth-order valence-corrected chi connectivity index (χ4v) is 2.83. The van der Waals surface area contributed by atoms with E-state index < -0.39 is 0 Å². The van der Waals surface area contributed by atoms with E-state index in [1.807, 2.05) is 6.07 Å². The van der Waals surface area contributed by atoms with Gasteiger partial charge in [-0.2, -0.15) is 0 Å². The van der Waals surface area contributed by atoms with Gasteiger partial charge in [-0.1, -0.05) is 31.5 Å². The number of hydrogen-bond donors (Lipinski definition) is 1. The van der Waals surface area contributed by atoms with E-state index in [0.29, 0.717) is 17.8 Å². The summed E-state index contributed by atoms with van der Waals surface area (Å²) in [6, 6.07) is 6.27. The third-order valence-corrected chi connectivity index (χ3v) is 3.75. The molecule has 2 N–H and O–H groups in total. The van der Waals surface area contributed by atoms with Crippen LogP contribution in [0.25, 0.3) is 0 Å². The molecule has 0 amide bonds. The molecule has 0 bridgehead atoms. The summed E-state index contributed by atoms with van der Waals surface area (Å²) in [7, 11) is 0. The van der Waals surface area contributed by atoms with Crippen molar-refractivity contribution in [2.45, 2.75) is 32.1 Å². The highest BCUT2D eigenvalue weighted by Crippen LogP contribution is 2.45. The van der Waals surface area contributed by atoms with Crippen LogP contribution in [-0.4, -0.2) is 6.54 Å². The van der Waals surface area contributed by atoms with Gasteiger partial charge >= 0.3 is 0 Å². The Morgan fingerprint density at radius 2 is 2.13 bits per heavy atom. The summed E-state index contributed by atoms with van der Waals surface area (Å²) in [4.78, 5) is 0. The van der Waals surface area contributed by atoms with Gasteiger partial charge in [-0.25, -0.2) is 0 Å². The first-order valence-electron chi connectivity index (χ1n) is 5.63. The van der Waals surface area contributed by atoms with Crippen LogP contribution in [0.15, 0.2) is 18.2 Å². The molecular weight excluding hydrogens is 206 g/mol. The molecule has 0 aliphatic heterocycles. The largest absolute Gasteiger partial charge is 0.330 e. The van der Waals surface area contributed by atoms with E-state index in [2.05, 4.69) is 26.0 Å². The van der Waals surface area contributed by atoms with Crippen molar-refractivity contribution in [3.8, 4) is 0 Å². The average Bonchev–Trinajstić information content (AvgIpc) is 2.55. The van der Waals surface area contributed by atoms with Crippen molar-refractivity contribution in [1.82, 2.24) is 0 Å². The van der Waals surface area contributed by atoms with Gasteiger partial charge in [0.1, 0.15) is 0 Å². The van der Waals surface area contributed by atoms with E-state index in [0.717, 1.165) is 11.6 Å². The minimum absolute atomic E-state index is 0.506. The summed E-state index contributed by atoms with van der Waals surface area (Å²) in [5.41, 5.74) is 8.66. The summed E-state index contributed by atoms with van der Waals surface area (Å²) < 4.78 is 0. The maximum atomic E-state index is 6.03. The van der Waals surface area contributed by atoms with Crippen LogP contribution < -0.4 is 5.73 Å². The fourth-order valence-electron chi connectivity index (χ4n) is 2.65. The Bertz CT molecular complexity index is 360. The van der Waals surface area contributed by atoms with Crippen molar-refractivity contribution < 1.29 is 0 Å². The van der Waals surface area contributed by atoms with Crippen molar-refractivity contribution in [1.29, 1.82) is 0 Å². The van der Waals surface area contributed by atoms with Gasteiger partial charge in [-0.05, 0) is 54.0 Å². The lowest BCUT2D eigenvalue weighted by atomic mass is 9.90. The molecule has 0 aromatic heterocycles. The topological polar surface area (TPSA) is 26.0 Å². The van der Waals surface area contributed by atoms with Gasteiger partial charge < -0.3 is 5.73 Å². The van der Waals surface area contributed by atoms with Crippen molar-refractivity contribution in [2.24, 2.45) is 11.7 Å². The molecule has 0 fully saturated rings. The minimum Gasteiger partial charge on any atom is -0.330 e. The fraction of sp³-hybridized carbons (Fsp3) is 0.538. The van der Waals surface area contributed by atoms with Crippen LogP contribution in [-0.2, 0) is 0 Å². The van der Waals surface area contributed by atoms with E-state index in [-0.39, 0.29) is 0 Å². The van der Waals surface area contributed by atoms with Gasteiger partial charge in [-0.3, -0.25) is 0 Å². The van der Waals surface area contributed by atoms with Gasteiger partial charge in [0.15, 0.2) is 0 Å². The number of halogens is 1. The first kappa shape index (κ1) is 11.0. The Kier molecular flexibility index (Phi) is 3.03. The zero-order chi connectivity index (χ0) is 11.0. The minimum atomic E-state index is 0.506. The average molecular weight is 224 g/mol. The van der Waals surface area contributed by atoms with Crippen molar-refractivity contribution in [2.75, 3.05) is 6.54 Å². The third-order valence-electron chi connectivity index (χ3n) is 3.52. The molecule has 15 heavy (non-hydrogen) atoms. The monoisotopic (exact) mass is 223 g/mol. The van der Waals surface area contributed by atoms with Crippen LogP contribution in [0.3, 0.4) is 0 Å².